The molecular formula is C32H26F6N4. The topological polar surface area (TPSA) is 33.1 Å². The van der Waals surface area contributed by atoms with Crippen molar-refractivity contribution in [2.24, 2.45) is 0 Å². The summed E-state index contributed by atoms with van der Waals surface area (Å²) in [4.78, 5) is 2.24. The van der Waals surface area contributed by atoms with Crippen molar-refractivity contribution in [1.29, 1.82) is 0 Å². The van der Waals surface area contributed by atoms with Crippen molar-refractivity contribution in [1.82, 2.24) is 9.78 Å². The first kappa shape index (κ1) is 27.7. The van der Waals surface area contributed by atoms with Crippen molar-refractivity contribution < 1.29 is 26.3 Å². The summed E-state index contributed by atoms with van der Waals surface area (Å²) in [5.41, 5.74) is 1.06. The quantitative estimate of drug-likeness (QED) is 0.205. The van der Waals surface area contributed by atoms with Crippen LogP contribution in [0.5, 0.6) is 0 Å². The number of aromatic nitrogens is 2. The third kappa shape index (κ3) is 5.53. The maximum Gasteiger partial charge on any atom is 0.418 e. The molecule has 6 rings (SSSR count). The van der Waals surface area contributed by atoms with Gasteiger partial charge >= 0.3 is 6.18 Å². The number of piperidine rings is 1. The van der Waals surface area contributed by atoms with E-state index in [0.717, 1.165) is 48.1 Å². The van der Waals surface area contributed by atoms with Gasteiger partial charge in [0.15, 0.2) is 0 Å². The molecule has 0 unspecified atom stereocenters. The van der Waals surface area contributed by atoms with Crippen LogP contribution < -0.4 is 10.2 Å². The molecular weight excluding hydrogens is 554 g/mol. The van der Waals surface area contributed by atoms with Crippen molar-refractivity contribution in [3.05, 3.63) is 114 Å². The molecule has 1 aliphatic rings. The van der Waals surface area contributed by atoms with Crippen LogP contribution in [0.3, 0.4) is 0 Å². The van der Waals surface area contributed by atoms with E-state index in [-0.39, 0.29) is 16.6 Å². The number of hydrogen-bond acceptors (Lipinski definition) is 3. The van der Waals surface area contributed by atoms with Gasteiger partial charge in [0, 0.05) is 59.2 Å². The van der Waals surface area contributed by atoms with Gasteiger partial charge in [0.05, 0.1) is 17.8 Å². The van der Waals surface area contributed by atoms with Crippen molar-refractivity contribution >= 4 is 22.3 Å². The zero-order valence-electron chi connectivity index (χ0n) is 22.3. The summed E-state index contributed by atoms with van der Waals surface area (Å²) >= 11 is 0. The lowest BCUT2D eigenvalue weighted by Crippen LogP contribution is -2.39. The van der Waals surface area contributed by atoms with Crippen LogP contribution in [0.1, 0.15) is 24.0 Å². The van der Waals surface area contributed by atoms with Gasteiger partial charge in [0.1, 0.15) is 23.0 Å². The van der Waals surface area contributed by atoms with Gasteiger partial charge in [-0.3, -0.25) is 4.68 Å². The zero-order valence-corrected chi connectivity index (χ0v) is 22.3. The molecule has 4 aromatic carbocycles. The van der Waals surface area contributed by atoms with Gasteiger partial charge in [0.25, 0.3) is 0 Å². The highest BCUT2D eigenvalue weighted by molar-refractivity contribution is 5.95. The molecule has 1 aliphatic heterocycles. The van der Waals surface area contributed by atoms with Crippen molar-refractivity contribution in [3.63, 3.8) is 0 Å². The molecule has 0 bridgehead atoms. The lowest BCUT2D eigenvalue weighted by Gasteiger charge is -2.34. The molecule has 216 valence electrons. The molecule has 1 fully saturated rings. The van der Waals surface area contributed by atoms with Crippen molar-refractivity contribution in [2.45, 2.75) is 31.6 Å². The lowest BCUT2D eigenvalue weighted by molar-refractivity contribution is -0.136. The first-order valence-corrected chi connectivity index (χ1v) is 13.5. The third-order valence-electron chi connectivity index (χ3n) is 7.63. The number of nitrogens with one attached hydrogen (secondary N) is 1. The maximum atomic E-state index is 14.6. The van der Waals surface area contributed by atoms with Crippen LogP contribution in [0.25, 0.3) is 22.2 Å². The van der Waals surface area contributed by atoms with E-state index in [1.807, 2.05) is 42.5 Å². The summed E-state index contributed by atoms with van der Waals surface area (Å²) in [7, 11) is 0. The van der Waals surface area contributed by atoms with Crippen LogP contribution >= 0.6 is 0 Å². The molecule has 5 aromatic rings. The smallest absolute Gasteiger partial charge is 0.382 e. The van der Waals surface area contributed by atoms with E-state index in [4.69, 9.17) is 0 Å². The normalized spacial score (nSPS) is 14.5. The van der Waals surface area contributed by atoms with Gasteiger partial charge in [-0.1, -0.05) is 42.5 Å². The molecule has 1 N–H and O–H groups in total. The average Bonchev–Trinajstić information content (AvgIpc) is 3.33. The minimum atomic E-state index is -4.69. The van der Waals surface area contributed by atoms with E-state index >= 15 is 0 Å². The zero-order chi connectivity index (χ0) is 29.4. The molecule has 10 heteroatoms. The second kappa shape index (κ2) is 11.1. The Labute approximate surface area is 238 Å². The minimum Gasteiger partial charge on any atom is -0.382 e. The third-order valence-corrected chi connectivity index (χ3v) is 7.63. The van der Waals surface area contributed by atoms with Crippen LogP contribution in [0.4, 0.5) is 37.7 Å². The Morgan fingerprint density at radius 3 is 2.12 bits per heavy atom. The molecule has 4 nitrogen and oxygen atoms in total. The second-order valence-corrected chi connectivity index (χ2v) is 10.4. The fourth-order valence-corrected chi connectivity index (χ4v) is 5.55. The molecule has 1 saturated heterocycles. The number of para-hydroxylation sites is 1. The van der Waals surface area contributed by atoms with E-state index < -0.39 is 41.3 Å². The molecule has 0 amide bonds. The average molecular weight is 581 g/mol. The van der Waals surface area contributed by atoms with E-state index in [2.05, 4.69) is 15.3 Å². The summed E-state index contributed by atoms with van der Waals surface area (Å²) in [5.74, 6) is -3.38. The molecule has 0 atom stereocenters. The van der Waals surface area contributed by atoms with Gasteiger partial charge in [0.2, 0.25) is 0 Å². The standard InChI is InChI=1S/C32H26F6N4/c33-21-17-28(34)26(29(35)18-21)19-42-31(25-7-4-8-27(30(25)40-42)32(36,37)38)20-9-11-24(12-10-20)41-15-13-23(14-16-41)39-22-5-2-1-3-6-22/h1-12,17-18,23,39H,13-16,19H2. The number of hydrogen-bond donors (Lipinski definition) is 1. The van der Waals surface area contributed by atoms with E-state index in [9.17, 15) is 26.3 Å². The predicted molar refractivity (Wildman–Crippen MR) is 151 cm³/mol. The van der Waals surface area contributed by atoms with E-state index in [0.29, 0.717) is 23.7 Å². The fraction of sp³-hybridized carbons (Fsp3) is 0.219. The highest BCUT2D eigenvalue weighted by Gasteiger charge is 2.35. The van der Waals surface area contributed by atoms with Gasteiger partial charge in [-0.05, 0) is 43.2 Å². The Bertz CT molecular complexity index is 1680. The van der Waals surface area contributed by atoms with Crippen molar-refractivity contribution in [3.8, 4) is 11.3 Å². The maximum absolute atomic E-state index is 14.6. The van der Waals surface area contributed by atoms with Gasteiger partial charge in [-0.15, -0.1) is 0 Å². The summed E-state index contributed by atoms with van der Waals surface area (Å²) < 4.78 is 85.3. The Morgan fingerprint density at radius 1 is 0.810 bits per heavy atom. The number of benzene rings is 4. The number of halogens is 6. The van der Waals surface area contributed by atoms with E-state index in [1.54, 1.807) is 12.1 Å². The van der Waals surface area contributed by atoms with Crippen LogP contribution in [0, 0.1) is 17.5 Å². The van der Waals surface area contributed by atoms with Crippen LogP contribution in [-0.2, 0) is 12.7 Å². The summed E-state index contributed by atoms with van der Waals surface area (Å²) in [6, 6.07) is 22.5. The predicted octanol–water partition coefficient (Wildman–Crippen LogP) is 8.27. The Kier molecular flexibility index (Phi) is 7.30. The monoisotopic (exact) mass is 580 g/mol. The van der Waals surface area contributed by atoms with Gasteiger partial charge in [-0.2, -0.15) is 18.3 Å². The molecule has 0 radical (unpaired) electrons. The minimum absolute atomic E-state index is 0.188. The highest BCUT2D eigenvalue weighted by Crippen LogP contribution is 2.39. The van der Waals surface area contributed by atoms with Gasteiger partial charge < -0.3 is 10.2 Å². The molecule has 1 aromatic heterocycles. The molecule has 0 spiro atoms. The Hall–Kier alpha value is -4.47. The van der Waals surface area contributed by atoms with Crippen LogP contribution in [-0.4, -0.2) is 28.9 Å². The van der Waals surface area contributed by atoms with E-state index in [1.165, 1.54) is 12.1 Å². The molecule has 2 heterocycles. The highest BCUT2D eigenvalue weighted by atomic mass is 19.4. The van der Waals surface area contributed by atoms with Crippen LogP contribution in [0.2, 0.25) is 0 Å². The number of alkyl halides is 3. The largest absolute Gasteiger partial charge is 0.418 e. The number of anilines is 2. The molecule has 0 saturated carbocycles. The Balaban J connectivity index is 1.31. The fourth-order valence-electron chi connectivity index (χ4n) is 5.55. The summed E-state index contributed by atoms with van der Waals surface area (Å²) in [6.07, 6.45) is -2.82. The SMILES string of the molecule is Fc1cc(F)c(Cn2nc3c(C(F)(F)F)cccc3c2-c2ccc(N3CCC(Nc4ccccc4)CC3)cc2)c(F)c1. The van der Waals surface area contributed by atoms with Gasteiger partial charge in [-0.25, -0.2) is 13.2 Å². The molecule has 42 heavy (non-hydrogen) atoms. The molecule has 0 aliphatic carbocycles. The summed E-state index contributed by atoms with van der Waals surface area (Å²) in [5, 5.41) is 7.91. The number of fused-ring (bicyclic) bond motifs is 1. The lowest BCUT2D eigenvalue weighted by atomic mass is 10.0. The summed E-state index contributed by atoms with van der Waals surface area (Å²) in [6.45, 7) is 1.12. The second-order valence-electron chi connectivity index (χ2n) is 10.4. The van der Waals surface area contributed by atoms with Crippen molar-refractivity contribution in [2.75, 3.05) is 23.3 Å². The Morgan fingerprint density at radius 2 is 1.48 bits per heavy atom. The first-order valence-electron chi connectivity index (χ1n) is 13.5. The van der Waals surface area contributed by atoms with Crippen LogP contribution in [0.15, 0.2) is 84.9 Å². The first-order chi connectivity index (χ1) is 20.2. The number of rotatable bonds is 6. The number of nitrogens with zero attached hydrogens (tertiary/aromatic N) is 3.